The molecule has 0 radical (unpaired) electrons. The zero-order valence-electron chi connectivity index (χ0n) is 13.9. The highest BCUT2D eigenvalue weighted by molar-refractivity contribution is 5.95. The minimum Gasteiger partial charge on any atom is -0.371 e. The molecule has 1 unspecified atom stereocenters. The van der Waals surface area contributed by atoms with Crippen LogP contribution in [0, 0.1) is 6.92 Å². The number of amides is 1. The van der Waals surface area contributed by atoms with Gasteiger partial charge in [0, 0.05) is 12.7 Å². The van der Waals surface area contributed by atoms with Gasteiger partial charge in [-0.15, -0.1) is 0 Å². The van der Waals surface area contributed by atoms with Crippen molar-refractivity contribution in [1.29, 1.82) is 0 Å². The molecule has 2 aromatic rings. The Morgan fingerprint density at radius 3 is 2.78 bits per heavy atom. The number of aromatic nitrogens is 2. The van der Waals surface area contributed by atoms with E-state index in [2.05, 4.69) is 24.3 Å². The topological polar surface area (TPSA) is 56.2 Å². The van der Waals surface area contributed by atoms with Crippen LogP contribution >= 0.6 is 0 Å². The highest BCUT2D eigenvalue weighted by Crippen LogP contribution is 2.28. The Morgan fingerprint density at radius 2 is 2.13 bits per heavy atom. The molecule has 1 fully saturated rings. The van der Waals surface area contributed by atoms with E-state index < -0.39 is 0 Å². The van der Waals surface area contributed by atoms with Gasteiger partial charge in [0.25, 0.3) is 5.91 Å². The predicted molar refractivity (Wildman–Crippen MR) is 88.8 cm³/mol. The van der Waals surface area contributed by atoms with Gasteiger partial charge in [-0.3, -0.25) is 4.79 Å². The number of para-hydroxylation sites is 1. The second kappa shape index (κ2) is 6.16. The van der Waals surface area contributed by atoms with Crippen molar-refractivity contribution in [3.63, 3.8) is 0 Å². The summed E-state index contributed by atoms with van der Waals surface area (Å²) in [6.45, 7) is 6.56. The summed E-state index contributed by atoms with van der Waals surface area (Å²) < 4.78 is 7.64. The normalized spacial score (nSPS) is 19.7. The Bertz CT molecular complexity index is 692. The minimum atomic E-state index is -0.0991. The molecule has 1 amide bonds. The van der Waals surface area contributed by atoms with Gasteiger partial charge >= 0.3 is 0 Å². The van der Waals surface area contributed by atoms with Gasteiger partial charge in [-0.2, -0.15) is 5.10 Å². The Kier molecular flexibility index (Phi) is 4.22. The summed E-state index contributed by atoms with van der Waals surface area (Å²) in [5.74, 6) is -0.0991. The van der Waals surface area contributed by atoms with E-state index in [9.17, 15) is 4.79 Å². The predicted octanol–water partition coefficient (Wildman–Crippen LogP) is 2.87. The second-order valence-electron chi connectivity index (χ2n) is 6.66. The zero-order valence-corrected chi connectivity index (χ0v) is 13.9. The quantitative estimate of drug-likeness (QED) is 0.944. The molecule has 1 atom stereocenters. The number of carbonyl (C=O) groups excluding carboxylic acids is 1. The Morgan fingerprint density at radius 1 is 1.39 bits per heavy atom. The highest BCUT2D eigenvalue weighted by atomic mass is 16.5. The summed E-state index contributed by atoms with van der Waals surface area (Å²) >= 11 is 0. The molecule has 1 aliphatic heterocycles. The zero-order chi connectivity index (χ0) is 16.4. The first-order chi connectivity index (χ1) is 10.9. The van der Waals surface area contributed by atoms with Crippen LogP contribution < -0.4 is 5.32 Å². The van der Waals surface area contributed by atoms with E-state index in [1.165, 1.54) is 0 Å². The lowest BCUT2D eigenvalue weighted by atomic mass is 10.1. The Balaban J connectivity index is 1.65. The lowest BCUT2D eigenvalue weighted by molar-refractivity contribution is -0.0138. The number of rotatable bonds is 4. The molecule has 0 spiro atoms. The third-order valence-corrected chi connectivity index (χ3v) is 4.21. The molecule has 1 aliphatic rings. The fourth-order valence-electron chi connectivity index (χ4n) is 2.92. The average molecular weight is 313 g/mol. The van der Waals surface area contributed by atoms with E-state index >= 15 is 0 Å². The van der Waals surface area contributed by atoms with Gasteiger partial charge in [-0.25, -0.2) is 4.68 Å². The molecule has 1 saturated heterocycles. The maximum absolute atomic E-state index is 12.4. The molecule has 1 aromatic heterocycles. The van der Waals surface area contributed by atoms with E-state index in [-0.39, 0.29) is 17.6 Å². The molecular weight excluding hydrogens is 290 g/mol. The van der Waals surface area contributed by atoms with Gasteiger partial charge in [0.1, 0.15) is 0 Å². The molecule has 1 aromatic carbocycles. The van der Waals surface area contributed by atoms with E-state index in [1.807, 2.05) is 37.3 Å². The van der Waals surface area contributed by atoms with Gasteiger partial charge < -0.3 is 10.1 Å². The minimum absolute atomic E-state index is 0.0799. The van der Waals surface area contributed by atoms with E-state index in [1.54, 1.807) is 10.9 Å². The van der Waals surface area contributed by atoms with Crippen molar-refractivity contribution in [1.82, 2.24) is 15.1 Å². The number of benzene rings is 1. The Hall–Kier alpha value is -2.14. The van der Waals surface area contributed by atoms with Crippen LogP contribution in [-0.2, 0) is 4.74 Å². The van der Waals surface area contributed by atoms with Crippen molar-refractivity contribution in [2.75, 3.05) is 6.54 Å². The third kappa shape index (κ3) is 3.62. The lowest BCUT2D eigenvalue weighted by Crippen LogP contribution is -2.33. The number of nitrogens with one attached hydrogen (secondary N) is 1. The molecule has 5 heteroatoms. The van der Waals surface area contributed by atoms with Gasteiger partial charge in [-0.05, 0) is 45.7 Å². The van der Waals surface area contributed by atoms with Crippen LogP contribution in [0.5, 0.6) is 0 Å². The van der Waals surface area contributed by atoms with Crippen molar-refractivity contribution in [3.8, 4) is 5.69 Å². The molecule has 5 nitrogen and oxygen atoms in total. The Labute approximate surface area is 136 Å². The molecule has 0 aliphatic carbocycles. The van der Waals surface area contributed by atoms with Crippen molar-refractivity contribution < 1.29 is 9.53 Å². The molecule has 23 heavy (non-hydrogen) atoms. The number of nitrogens with zero attached hydrogens (tertiary/aromatic N) is 2. The average Bonchev–Trinajstić information content (AvgIpc) is 3.08. The second-order valence-corrected chi connectivity index (χ2v) is 6.66. The van der Waals surface area contributed by atoms with Gasteiger partial charge in [0.2, 0.25) is 0 Å². The first-order valence-electron chi connectivity index (χ1n) is 8.02. The fourth-order valence-corrected chi connectivity index (χ4v) is 2.92. The van der Waals surface area contributed by atoms with Crippen LogP contribution in [0.2, 0.25) is 0 Å². The van der Waals surface area contributed by atoms with E-state index in [0.29, 0.717) is 12.1 Å². The number of ether oxygens (including phenoxy) is 1. The number of hydrogen-bond acceptors (Lipinski definition) is 3. The smallest absolute Gasteiger partial charge is 0.254 e. The third-order valence-electron chi connectivity index (χ3n) is 4.21. The standard InChI is InChI=1S/C18H23N3O2/c1-13-16(12-21(20-13)14-7-5-4-6-8-14)17(22)19-11-15-9-10-18(2,3)23-15/h4-8,12,15H,9-11H2,1-3H3,(H,19,22). The first kappa shape index (κ1) is 15.7. The summed E-state index contributed by atoms with van der Waals surface area (Å²) in [4.78, 5) is 12.4. The maximum atomic E-state index is 12.4. The lowest BCUT2D eigenvalue weighted by Gasteiger charge is -2.19. The van der Waals surface area contributed by atoms with Crippen LogP contribution in [0.4, 0.5) is 0 Å². The molecule has 2 heterocycles. The molecule has 0 saturated carbocycles. The van der Waals surface area contributed by atoms with Crippen LogP contribution in [0.1, 0.15) is 42.7 Å². The summed E-state index contributed by atoms with van der Waals surface area (Å²) in [6.07, 6.45) is 3.88. The fraction of sp³-hybridized carbons (Fsp3) is 0.444. The SMILES string of the molecule is Cc1nn(-c2ccccc2)cc1C(=O)NCC1CCC(C)(C)O1. The summed E-state index contributed by atoms with van der Waals surface area (Å²) in [6, 6.07) is 9.78. The first-order valence-corrected chi connectivity index (χ1v) is 8.02. The van der Waals surface area contributed by atoms with Gasteiger partial charge in [0.05, 0.1) is 28.6 Å². The van der Waals surface area contributed by atoms with Crippen molar-refractivity contribution in [3.05, 3.63) is 47.8 Å². The van der Waals surface area contributed by atoms with Crippen LogP contribution in [0.3, 0.4) is 0 Å². The maximum Gasteiger partial charge on any atom is 0.254 e. The van der Waals surface area contributed by atoms with Crippen molar-refractivity contribution in [2.24, 2.45) is 0 Å². The number of carbonyl (C=O) groups is 1. The number of aryl methyl sites for hydroxylation is 1. The van der Waals surface area contributed by atoms with Crippen LogP contribution in [-0.4, -0.2) is 33.9 Å². The summed E-state index contributed by atoms with van der Waals surface area (Å²) in [5, 5.41) is 7.40. The largest absolute Gasteiger partial charge is 0.371 e. The van der Waals surface area contributed by atoms with E-state index in [0.717, 1.165) is 24.2 Å². The summed E-state index contributed by atoms with van der Waals surface area (Å²) in [5.41, 5.74) is 2.18. The van der Waals surface area contributed by atoms with Crippen LogP contribution in [0.15, 0.2) is 36.5 Å². The van der Waals surface area contributed by atoms with E-state index in [4.69, 9.17) is 4.74 Å². The number of hydrogen-bond donors (Lipinski definition) is 1. The van der Waals surface area contributed by atoms with Gasteiger partial charge in [-0.1, -0.05) is 18.2 Å². The highest BCUT2D eigenvalue weighted by Gasteiger charge is 2.31. The summed E-state index contributed by atoms with van der Waals surface area (Å²) in [7, 11) is 0. The van der Waals surface area contributed by atoms with Crippen molar-refractivity contribution >= 4 is 5.91 Å². The molecule has 3 rings (SSSR count). The monoisotopic (exact) mass is 313 g/mol. The molecular formula is C18H23N3O2. The van der Waals surface area contributed by atoms with Crippen LogP contribution in [0.25, 0.3) is 5.69 Å². The molecule has 122 valence electrons. The van der Waals surface area contributed by atoms with Gasteiger partial charge in [0.15, 0.2) is 0 Å². The molecule has 0 bridgehead atoms. The van der Waals surface area contributed by atoms with Crippen molar-refractivity contribution in [2.45, 2.75) is 45.3 Å². The molecule has 1 N–H and O–H groups in total.